The van der Waals surface area contributed by atoms with Crippen LogP contribution in [0.3, 0.4) is 0 Å². The Balaban J connectivity index is 1.29. The smallest absolute Gasteiger partial charge is 0.257 e. The molecule has 5 aromatic rings. The number of anilines is 4. The number of hydrogen-bond acceptors (Lipinski definition) is 6. The van der Waals surface area contributed by atoms with Crippen molar-refractivity contribution < 1.29 is 4.79 Å². The van der Waals surface area contributed by atoms with Crippen molar-refractivity contribution in [2.45, 2.75) is 0 Å². The number of H-pyrrole nitrogens is 1. The van der Waals surface area contributed by atoms with Gasteiger partial charge in [-0.2, -0.15) is 0 Å². The van der Waals surface area contributed by atoms with E-state index in [1.54, 1.807) is 18.3 Å². The first-order valence-corrected chi connectivity index (χ1v) is 12.7. The summed E-state index contributed by atoms with van der Waals surface area (Å²) >= 11 is 0. The molecule has 6 rings (SSSR count). The molecule has 0 saturated carbocycles. The van der Waals surface area contributed by atoms with E-state index >= 15 is 0 Å². The molecule has 0 atom stereocenters. The van der Waals surface area contributed by atoms with E-state index in [9.17, 15) is 9.59 Å². The van der Waals surface area contributed by atoms with Crippen LogP contribution in [0.2, 0.25) is 0 Å². The molecule has 3 aromatic carbocycles. The molecule has 3 heterocycles. The van der Waals surface area contributed by atoms with Gasteiger partial charge in [0.05, 0.1) is 5.69 Å². The molecule has 1 aliphatic heterocycles. The average molecular weight is 505 g/mol. The van der Waals surface area contributed by atoms with Crippen molar-refractivity contribution in [3.63, 3.8) is 0 Å². The molecule has 38 heavy (non-hydrogen) atoms. The van der Waals surface area contributed by atoms with Gasteiger partial charge >= 0.3 is 0 Å². The van der Waals surface area contributed by atoms with E-state index in [0.29, 0.717) is 22.3 Å². The minimum atomic E-state index is -0.155. The van der Waals surface area contributed by atoms with E-state index in [0.717, 1.165) is 54.0 Å². The zero-order valence-corrected chi connectivity index (χ0v) is 21.1. The number of fused-ring (bicyclic) bond motifs is 3. The standard InChI is InChI=1S/C30H28N6O2/c1-35-15-17-36(18-16-35)23-11-12-24-25(19-23)30(38)34-28-27(24)26(13-14-31-28)32-21-7-9-22(10-8-21)33-29(37)20-5-3-2-4-6-20/h2-14,19H,15-18H2,1H3,(H,33,37)(H2,31,32,34,38). The lowest BCUT2D eigenvalue weighted by Crippen LogP contribution is -2.44. The number of aromatic amines is 1. The number of piperazine rings is 1. The Morgan fingerprint density at radius 2 is 1.61 bits per heavy atom. The number of aromatic nitrogens is 2. The quantitative estimate of drug-likeness (QED) is 0.297. The number of nitrogens with one attached hydrogen (secondary N) is 3. The SMILES string of the molecule is CN1CCN(c2ccc3c(c2)c(=O)[nH]c2nccc(Nc4ccc(NC(=O)c5ccccc5)cc4)c23)CC1. The number of carbonyl (C=O) groups is 1. The number of nitrogens with zero attached hydrogens (tertiary/aromatic N) is 3. The van der Waals surface area contributed by atoms with Gasteiger partial charge in [-0.25, -0.2) is 4.98 Å². The van der Waals surface area contributed by atoms with Gasteiger partial charge in [0.15, 0.2) is 0 Å². The molecule has 0 aliphatic carbocycles. The van der Waals surface area contributed by atoms with Crippen LogP contribution in [0, 0.1) is 0 Å². The van der Waals surface area contributed by atoms with Gasteiger partial charge in [0.2, 0.25) is 0 Å². The molecule has 8 heteroatoms. The molecule has 190 valence electrons. The highest BCUT2D eigenvalue weighted by Gasteiger charge is 2.17. The summed E-state index contributed by atoms with van der Waals surface area (Å²) in [5.41, 5.74) is 4.44. The van der Waals surface area contributed by atoms with Gasteiger partial charge in [0.1, 0.15) is 5.65 Å². The summed E-state index contributed by atoms with van der Waals surface area (Å²) < 4.78 is 0. The Morgan fingerprint density at radius 3 is 2.37 bits per heavy atom. The summed E-state index contributed by atoms with van der Waals surface area (Å²) in [5.74, 6) is -0.155. The van der Waals surface area contributed by atoms with Gasteiger partial charge in [0.25, 0.3) is 11.5 Å². The molecular weight excluding hydrogens is 476 g/mol. The number of benzene rings is 3. The second kappa shape index (κ2) is 9.99. The van der Waals surface area contributed by atoms with E-state index in [1.165, 1.54) is 0 Å². The summed E-state index contributed by atoms with van der Waals surface area (Å²) in [5, 5.41) is 8.73. The molecule has 3 N–H and O–H groups in total. The Morgan fingerprint density at radius 1 is 0.868 bits per heavy atom. The van der Waals surface area contributed by atoms with Gasteiger partial charge in [-0.15, -0.1) is 0 Å². The third-order valence-electron chi connectivity index (χ3n) is 7.03. The molecule has 1 aliphatic rings. The first-order valence-electron chi connectivity index (χ1n) is 12.7. The fourth-order valence-corrected chi connectivity index (χ4v) is 4.89. The predicted octanol–water partition coefficient (Wildman–Crippen LogP) is 4.82. The number of rotatable bonds is 5. The first kappa shape index (κ1) is 23.7. The topological polar surface area (TPSA) is 93.4 Å². The lowest BCUT2D eigenvalue weighted by atomic mass is 10.1. The van der Waals surface area contributed by atoms with Crippen LogP contribution in [0.15, 0.2) is 89.9 Å². The highest BCUT2D eigenvalue weighted by Crippen LogP contribution is 2.32. The van der Waals surface area contributed by atoms with Gasteiger partial charge in [-0.1, -0.05) is 24.3 Å². The van der Waals surface area contributed by atoms with Crippen molar-refractivity contribution in [2.24, 2.45) is 0 Å². The van der Waals surface area contributed by atoms with Crippen LogP contribution in [-0.4, -0.2) is 54.0 Å². The van der Waals surface area contributed by atoms with Gasteiger partial charge in [-0.05, 0) is 61.6 Å². The number of carbonyl (C=O) groups excluding carboxylic acids is 1. The number of hydrogen-bond donors (Lipinski definition) is 3. The van der Waals surface area contributed by atoms with E-state index in [4.69, 9.17) is 0 Å². The van der Waals surface area contributed by atoms with Crippen molar-refractivity contribution in [1.29, 1.82) is 0 Å². The van der Waals surface area contributed by atoms with Crippen molar-refractivity contribution >= 4 is 50.5 Å². The normalized spacial score (nSPS) is 14.1. The zero-order valence-electron chi connectivity index (χ0n) is 21.1. The third-order valence-corrected chi connectivity index (χ3v) is 7.03. The number of amides is 1. The Kier molecular flexibility index (Phi) is 6.23. The molecule has 0 radical (unpaired) electrons. The average Bonchev–Trinajstić information content (AvgIpc) is 2.95. The predicted molar refractivity (Wildman–Crippen MR) is 154 cm³/mol. The Bertz CT molecular complexity index is 1670. The van der Waals surface area contributed by atoms with Gasteiger partial charge in [-0.3, -0.25) is 9.59 Å². The number of likely N-dealkylation sites (N-methyl/N-ethyl adjacent to an activating group) is 1. The van der Waals surface area contributed by atoms with Gasteiger partial charge < -0.3 is 25.4 Å². The maximum Gasteiger partial charge on any atom is 0.257 e. The number of pyridine rings is 2. The van der Waals surface area contributed by atoms with Crippen LogP contribution >= 0.6 is 0 Å². The second-order valence-electron chi connectivity index (χ2n) is 9.58. The lowest BCUT2D eigenvalue weighted by Gasteiger charge is -2.34. The van der Waals surface area contributed by atoms with Gasteiger partial charge in [0, 0.05) is 71.2 Å². The van der Waals surface area contributed by atoms with E-state index in [-0.39, 0.29) is 11.5 Å². The fraction of sp³-hybridized carbons (Fsp3) is 0.167. The highest BCUT2D eigenvalue weighted by atomic mass is 16.1. The van der Waals surface area contributed by atoms with Crippen molar-refractivity contribution in [3.05, 3.63) is 101 Å². The van der Waals surface area contributed by atoms with Crippen molar-refractivity contribution in [1.82, 2.24) is 14.9 Å². The third kappa shape index (κ3) is 4.69. The van der Waals surface area contributed by atoms with Crippen LogP contribution in [0.1, 0.15) is 10.4 Å². The summed E-state index contributed by atoms with van der Waals surface area (Å²) in [6.07, 6.45) is 1.68. The van der Waals surface area contributed by atoms with Crippen LogP contribution < -0.4 is 21.1 Å². The molecule has 1 saturated heterocycles. The monoisotopic (exact) mass is 504 g/mol. The van der Waals surface area contributed by atoms with E-state index in [2.05, 4.69) is 43.5 Å². The molecule has 0 spiro atoms. The zero-order chi connectivity index (χ0) is 26.1. The van der Waals surface area contributed by atoms with Crippen molar-refractivity contribution in [3.8, 4) is 0 Å². The minimum Gasteiger partial charge on any atom is -0.369 e. The molecule has 8 nitrogen and oxygen atoms in total. The maximum absolute atomic E-state index is 13.0. The lowest BCUT2D eigenvalue weighted by molar-refractivity contribution is 0.102. The van der Waals surface area contributed by atoms with E-state index < -0.39 is 0 Å². The fourth-order valence-electron chi connectivity index (χ4n) is 4.89. The van der Waals surface area contributed by atoms with E-state index in [1.807, 2.05) is 60.7 Å². The summed E-state index contributed by atoms with van der Waals surface area (Å²) in [7, 11) is 2.13. The first-order chi connectivity index (χ1) is 18.5. The molecule has 2 aromatic heterocycles. The van der Waals surface area contributed by atoms with Crippen molar-refractivity contribution in [2.75, 3.05) is 48.8 Å². The molecular formula is C30H28N6O2. The molecule has 0 bridgehead atoms. The van der Waals surface area contributed by atoms with Crippen LogP contribution in [0.25, 0.3) is 21.8 Å². The Hall–Kier alpha value is -4.69. The second-order valence-corrected chi connectivity index (χ2v) is 9.58. The summed E-state index contributed by atoms with van der Waals surface area (Å²) in [6.45, 7) is 3.87. The highest BCUT2D eigenvalue weighted by molar-refractivity contribution is 6.11. The Labute approximate surface area is 219 Å². The minimum absolute atomic E-state index is 0.147. The largest absolute Gasteiger partial charge is 0.369 e. The summed E-state index contributed by atoms with van der Waals surface area (Å²) in [6, 6.07) is 24.7. The summed E-state index contributed by atoms with van der Waals surface area (Å²) in [4.78, 5) is 37.5. The van der Waals surface area contributed by atoms with Crippen LogP contribution in [0.4, 0.5) is 22.7 Å². The molecule has 0 unspecified atom stereocenters. The van der Waals surface area contributed by atoms with Crippen LogP contribution in [-0.2, 0) is 0 Å². The van der Waals surface area contributed by atoms with Crippen LogP contribution in [0.5, 0.6) is 0 Å². The molecule has 1 fully saturated rings. The molecule has 1 amide bonds. The maximum atomic E-state index is 13.0.